The zero-order chi connectivity index (χ0) is 26.8. The maximum atomic E-state index is 14.3. The molecule has 0 bridgehead atoms. The van der Waals surface area contributed by atoms with Crippen LogP contribution in [-0.2, 0) is 19.1 Å². The number of carbonyl (C=O) groups is 3. The van der Waals surface area contributed by atoms with E-state index in [-0.39, 0.29) is 34.1 Å². The van der Waals surface area contributed by atoms with Crippen LogP contribution < -0.4 is 0 Å². The first kappa shape index (κ1) is 25.8. The average Bonchev–Trinajstić information content (AvgIpc) is 3.59. The summed E-state index contributed by atoms with van der Waals surface area (Å²) in [5.41, 5.74) is 1.65. The first-order chi connectivity index (χ1) is 17.1. The van der Waals surface area contributed by atoms with Crippen LogP contribution in [0, 0.1) is 56.2 Å². The third-order valence-corrected chi connectivity index (χ3v) is 14.0. The molecule has 204 valence electrons. The Hall–Kier alpha value is -1.45. The fourth-order valence-electron chi connectivity index (χ4n) is 11.5. The predicted octanol–water partition coefficient (Wildman–Crippen LogP) is 7.45. The molecule has 0 aromatic carbocycles. The minimum absolute atomic E-state index is 0.00831. The lowest BCUT2D eigenvalue weighted by molar-refractivity contribution is -0.182. The fraction of sp³-hybridized carbons (Fsp3) is 0.848. The van der Waals surface area contributed by atoms with E-state index in [0.717, 1.165) is 32.1 Å². The summed E-state index contributed by atoms with van der Waals surface area (Å²) in [4.78, 5) is 38.9. The molecule has 4 heteroatoms. The number of fused-ring (bicyclic) bond motifs is 7. The second-order valence-corrected chi connectivity index (χ2v) is 16.0. The van der Waals surface area contributed by atoms with E-state index in [1.165, 1.54) is 44.6 Å². The third kappa shape index (κ3) is 3.29. The van der Waals surface area contributed by atoms with Crippen molar-refractivity contribution in [2.45, 2.75) is 119 Å². The van der Waals surface area contributed by atoms with Gasteiger partial charge in [-0.3, -0.25) is 14.4 Å². The van der Waals surface area contributed by atoms with Gasteiger partial charge in [0.05, 0.1) is 5.41 Å². The zero-order valence-corrected chi connectivity index (χ0v) is 24.3. The Morgan fingerprint density at radius 3 is 2.14 bits per heavy atom. The molecule has 4 nitrogen and oxygen atoms in total. The molecule has 8 atom stereocenters. The number of hydrogen-bond acceptors (Lipinski definition) is 4. The summed E-state index contributed by atoms with van der Waals surface area (Å²) in [7, 11) is 0. The maximum Gasteiger partial charge on any atom is 0.319 e. The van der Waals surface area contributed by atoms with Gasteiger partial charge >= 0.3 is 11.9 Å². The summed E-state index contributed by atoms with van der Waals surface area (Å²) in [6, 6.07) is 0. The van der Waals surface area contributed by atoms with Crippen molar-refractivity contribution in [2.75, 3.05) is 0 Å². The summed E-state index contributed by atoms with van der Waals surface area (Å²) in [6.45, 7) is 15.6. The molecule has 37 heavy (non-hydrogen) atoms. The van der Waals surface area contributed by atoms with Crippen molar-refractivity contribution < 1.29 is 19.1 Å². The van der Waals surface area contributed by atoms with Crippen molar-refractivity contribution in [2.24, 2.45) is 56.2 Å². The number of ether oxygens (including phenoxy) is 1. The highest BCUT2D eigenvalue weighted by atomic mass is 16.6. The van der Waals surface area contributed by atoms with Crippen LogP contribution in [0.1, 0.15) is 119 Å². The minimum atomic E-state index is -0.672. The number of hydrogen-bond donors (Lipinski definition) is 0. The van der Waals surface area contributed by atoms with Crippen molar-refractivity contribution in [1.82, 2.24) is 0 Å². The van der Waals surface area contributed by atoms with E-state index >= 15 is 0 Å². The van der Waals surface area contributed by atoms with Crippen molar-refractivity contribution in [3.05, 3.63) is 11.6 Å². The summed E-state index contributed by atoms with van der Waals surface area (Å²) in [5.74, 6) is 0.781. The second kappa shape index (κ2) is 7.60. The molecule has 0 radical (unpaired) electrons. The van der Waals surface area contributed by atoms with Gasteiger partial charge in [0, 0.05) is 12.8 Å². The van der Waals surface area contributed by atoms with E-state index in [4.69, 9.17) is 4.74 Å². The largest absolute Gasteiger partial charge is 0.393 e. The molecule has 5 fully saturated rings. The molecule has 0 heterocycles. The molecule has 6 aliphatic rings. The van der Waals surface area contributed by atoms with Crippen molar-refractivity contribution in [3.8, 4) is 0 Å². The number of ketones is 1. The molecular weight excluding hydrogens is 460 g/mol. The summed E-state index contributed by atoms with van der Waals surface area (Å²) in [5, 5.41) is 0. The van der Waals surface area contributed by atoms with Crippen LogP contribution in [0.4, 0.5) is 0 Å². The van der Waals surface area contributed by atoms with Gasteiger partial charge in [0.15, 0.2) is 5.78 Å². The van der Waals surface area contributed by atoms with Crippen molar-refractivity contribution >= 4 is 17.7 Å². The Morgan fingerprint density at radius 2 is 1.49 bits per heavy atom. The monoisotopic (exact) mass is 508 g/mol. The fourth-order valence-corrected chi connectivity index (χ4v) is 11.5. The lowest BCUT2D eigenvalue weighted by atomic mass is 9.36. The Kier molecular flexibility index (Phi) is 5.30. The first-order valence-corrected chi connectivity index (χ1v) is 15.1. The lowest BCUT2D eigenvalue weighted by Crippen LogP contribution is -2.63. The van der Waals surface area contributed by atoms with E-state index in [9.17, 15) is 14.4 Å². The van der Waals surface area contributed by atoms with Crippen LogP contribution in [0.15, 0.2) is 11.6 Å². The smallest absolute Gasteiger partial charge is 0.319 e. The highest BCUT2D eigenvalue weighted by molar-refractivity contribution is 5.95. The third-order valence-electron chi connectivity index (χ3n) is 14.0. The predicted molar refractivity (Wildman–Crippen MR) is 143 cm³/mol. The van der Waals surface area contributed by atoms with Gasteiger partial charge in [-0.15, -0.1) is 0 Å². The van der Waals surface area contributed by atoms with Gasteiger partial charge in [0.2, 0.25) is 0 Å². The molecule has 0 aromatic rings. The number of allylic oxidation sites excluding steroid dienone is 2. The Bertz CT molecular complexity index is 1100. The van der Waals surface area contributed by atoms with Crippen LogP contribution >= 0.6 is 0 Å². The molecule has 0 amide bonds. The summed E-state index contributed by atoms with van der Waals surface area (Å²) < 4.78 is 5.12. The van der Waals surface area contributed by atoms with Crippen molar-refractivity contribution in [1.29, 1.82) is 0 Å². The molecule has 6 aliphatic carbocycles. The van der Waals surface area contributed by atoms with E-state index in [1.54, 1.807) is 0 Å². The molecule has 6 rings (SSSR count). The van der Waals surface area contributed by atoms with Crippen LogP contribution in [-0.4, -0.2) is 17.7 Å². The van der Waals surface area contributed by atoms with E-state index in [0.29, 0.717) is 34.9 Å². The molecule has 0 N–H and O–H groups in total. The van der Waals surface area contributed by atoms with Crippen LogP contribution in [0.2, 0.25) is 0 Å². The Labute approximate surface area is 223 Å². The van der Waals surface area contributed by atoms with Gasteiger partial charge in [-0.25, -0.2) is 0 Å². The quantitative estimate of drug-likeness (QED) is 0.273. The average molecular weight is 509 g/mol. The molecule has 1 spiro atoms. The van der Waals surface area contributed by atoms with E-state index in [1.807, 2.05) is 6.92 Å². The molecule has 0 aromatic heterocycles. The molecule has 3 unspecified atom stereocenters. The van der Waals surface area contributed by atoms with E-state index < -0.39 is 11.4 Å². The normalized spacial score (nSPS) is 49.1. The summed E-state index contributed by atoms with van der Waals surface area (Å²) in [6.07, 6.45) is 14.4. The number of carbonyl (C=O) groups excluding carboxylic acids is 3. The Morgan fingerprint density at radius 1 is 0.811 bits per heavy atom. The van der Waals surface area contributed by atoms with Gasteiger partial charge < -0.3 is 4.74 Å². The highest BCUT2D eigenvalue weighted by Crippen LogP contribution is 2.77. The Balaban J connectivity index is 1.37. The van der Waals surface area contributed by atoms with E-state index in [2.05, 4.69) is 40.7 Å². The highest BCUT2D eigenvalue weighted by Gasteiger charge is 2.71. The number of esters is 2. The summed E-state index contributed by atoms with van der Waals surface area (Å²) >= 11 is 0. The second-order valence-electron chi connectivity index (χ2n) is 16.0. The minimum Gasteiger partial charge on any atom is -0.393 e. The topological polar surface area (TPSA) is 60.4 Å². The molecular formula is C33H48O4. The molecule has 0 aliphatic heterocycles. The van der Waals surface area contributed by atoms with Crippen molar-refractivity contribution in [3.63, 3.8) is 0 Å². The molecule has 5 saturated carbocycles. The standard InChI is InChI=1S/C33H48O4/c1-20(34)37-27(36)30(5)13-12-29(4)10-8-22-21(23(29)19-30)18-24(35)26-31(22,6)11-9-25-28(2,3)33(16-17-33)15-14-32(25,26)7/h18,22-23,25-26H,8-17,19H2,1-7H3/t22?,23?,25-,26-,29-,30-,31-,32?/m0/s1. The molecule has 0 saturated heterocycles. The SMILES string of the molecule is CC(=O)OC(=O)[C@@]1(C)CC[C@]2(C)CCC3C(=CC(=O)[C@@H]4C5(C)CCC6(CC6)C(C)(C)[C@@H]5CC[C@@]34C)C2C1. The first-order valence-electron chi connectivity index (χ1n) is 15.1. The van der Waals surface area contributed by atoms with Crippen LogP contribution in [0.5, 0.6) is 0 Å². The van der Waals surface area contributed by atoms with Gasteiger partial charge in [-0.2, -0.15) is 0 Å². The lowest BCUT2D eigenvalue weighted by Gasteiger charge is -2.68. The van der Waals surface area contributed by atoms with Gasteiger partial charge in [-0.05, 0) is 128 Å². The van der Waals surface area contributed by atoms with Gasteiger partial charge in [-0.1, -0.05) is 40.2 Å². The van der Waals surface area contributed by atoms with Gasteiger partial charge in [0.1, 0.15) is 0 Å². The maximum absolute atomic E-state index is 14.3. The van der Waals surface area contributed by atoms with Crippen LogP contribution in [0.3, 0.4) is 0 Å². The van der Waals surface area contributed by atoms with Gasteiger partial charge in [0.25, 0.3) is 0 Å². The van der Waals surface area contributed by atoms with Crippen LogP contribution in [0.25, 0.3) is 0 Å². The number of rotatable bonds is 1. The zero-order valence-electron chi connectivity index (χ0n) is 24.3.